The van der Waals surface area contributed by atoms with Gasteiger partial charge in [0.2, 0.25) is 0 Å². The highest BCUT2D eigenvalue weighted by atomic mass is 19.1. The maximum atomic E-state index is 13.3. The Labute approximate surface area is 189 Å². The van der Waals surface area contributed by atoms with Crippen molar-refractivity contribution in [3.8, 4) is 11.5 Å². The zero-order valence-corrected chi connectivity index (χ0v) is 18.9. The Morgan fingerprint density at radius 2 is 1.88 bits per heavy atom. The molecule has 4 rings (SSSR count). The summed E-state index contributed by atoms with van der Waals surface area (Å²) >= 11 is 0. The maximum absolute atomic E-state index is 13.3. The SMILES string of the molecule is CCN(CC)CCNc1nc(-c2ccccn2)nc2c1CN(Cc1ccc(F)cc1)CC2. The average molecular weight is 435 g/mol. The summed E-state index contributed by atoms with van der Waals surface area (Å²) in [5, 5.41) is 3.58. The molecule has 1 N–H and O–H groups in total. The number of rotatable bonds is 9. The summed E-state index contributed by atoms with van der Waals surface area (Å²) in [7, 11) is 0. The van der Waals surface area contributed by atoms with Crippen molar-refractivity contribution in [1.29, 1.82) is 0 Å². The molecule has 0 radical (unpaired) electrons. The lowest BCUT2D eigenvalue weighted by molar-refractivity contribution is 0.243. The number of halogens is 1. The summed E-state index contributed by atoms with van der Waals surface area (Å²) < 4.78 is 13.3. The number of pyridine rings is 1. The van der Waals surface area contributed by atoms with Gasteiger partial charge in [0.05, 0.1) is 5.69 Å². The Morgan fingerprint density at radius 1 is 1.06 bits per heavy atom. The van der Waals surface area contributed by atoms with Crippen molar-refractivity contribution in [2.75, 3.05) is 38.0 Å². The fraction of sp³-hybridized carbons (Fsp3) is 0.400. The van der Waals surface area contributed by atoms with Gasteiger partial charge < -0.3 is 10.2 Å². The van der Waals surface area contributed by atoms with Crippen molar-refractivity contribution < 1.29 is 4.39 Å². The summed E-state index contributed by atoms with van der Waals surface area (Å²) in [5.41, 5.74) is 4.13. The molecule has 0 amide bonds. The molecule has 1 aliphatic heterocycles. The van der Waals surface area contributed by atoms with E-state index in [2.05, 4.69) is 33.9 Å². The number of hydrogen-bond acceptors (Lipinski definition) is 6. The molecule has 0 saturated heterocycles. The van der Waals surface area contributed by atoms with Gasteiger partial charge in [0.1, 0.15) is 17.3 Å². The van der Waals surface area contributed by atoms with Crippen LogP contribution in [0.5, 0.6) is 0 Å². The monoisotopic (exact) mass is 434 g/mol. The Kier molecular flexibility index (Phi) is 7.39. The van der Waals surface area contributed by atoms with E-state index in [-0.39, 0.29) is 5.82 Å². The van der Waals surface area contributed by atoms with E-state index >= 15 is 0 Å². The van der Waals surface area contributed by atoms with E-state index in [4.69, 9.17) is 9.97 Å². The minimum Gasteiger partial charge on any atom is -0.368 e. The van der Waals surface area contributed by atoms with E-state index in [1.807, 2.05) is 30.3 Å². The van der Waals surface area contributed by atoms with E-state index in [0.29, 0.717) is 5.82 Å². The maximum Gasteiger partial charge on any atom is 0.180 e. The molecule has 2 aromatic heterocycles. The normalized spacial score (nSPS) is 13.9. The van der Waals surface area contributed by atoms with Crippen LogP contribution in [0.1, 0.15) is 30.7 Å². The topological polar surface area (TPSA) is 57.2 Å². The Bertz CT molecular complexity index is 1000. The van der Waals surface area contributed by atoms with Crippen LogP contribution in [0.2, 0.25) is 0 Å². The van der Waals surface area contributed by atoms with E-state index in [9.17, 15) is 4.39 Å². The first-order valence-corrected chi connectivity index (χ1v) is 11.4. The molecule has 7 heteroatoms. The first-order valence-electron chi connectivity index (χ1n) is 11.4. The van der Waals surface area contributed by atoms with Crippen LogP contribution in [0.15, 0.2) is 48.7 Å². The predicted molar refractivity (Wildman–Crippen MR) is 126 cm³/mol. The molecule has 0 spiro atoms. The van der Waals surface area contributed by atoms with Crippen molar-refractivity contribution in [2.45, 2.75) is 33.4 Å². The fourth-order valence-corrected chi connectivity index (χ4v) is 4.08. The molecule has 1 aliphatic rings. The first kappa shape index (κ1) is 22.3. The molecule has 0 bridgehead atoms. The standard InChI is InChI=1S/C25H31FN6/c1-3-31(4-2)16-14-28-24-21-18-32(17-19-8-10-20(26)11-9-19)15-12-22(21)29-25(30-24)23-7-5-6-13-27-23/h5-11,13H,3-4,12,14-18H2,1-2H3,(H,28,29,30). The summed E-state index contributed by atoms with van der Waals surface area (Å²) in [5.74, 6) is 1.36. The van der Waals surface area contributed by atoms with Gasteiger partial charge in [0.25, 0.3) is 0 Å². The largest absolute Gasteiger partial charge is 0.368 e. The molecular formula is C25H31FN6. The fourth-order valence-electron chi connectivity index (χ4n) is 4.08. The van der Waals surface area contributed by atoms with Crippen LogP contribution < -0.4 is 5.32 Å². The summed E-state index contributed by atoms with van der Waals surface area (Å²) in [6, 6.07) is 12.6. The van der Waals surface area contributed by atoms with Crippen LogP contribution in [0, 0.1) is 5.82 Å². The Balaban J connectivity index is 1.57. The second-order valence-corrected chi connectivity index (χ2v) is 8.08. The van der Waals surface area contributed by atoms with Crippen molar-refractivity contribution in [3.05, 3.63) is 71.3 Å². The van der Waals surface area contributed by atoms with Crippen LogP contribution in [-0.4, -0.2) is 57.5 Å². The van der Waals surface area contributed by atoms with Crippen molar-refractivity contribution >= 4 is 5.82 Å². The third-order valence-corrected chi connectivity index (χ3v) is 5.97. The third kappa shape index (κ3) is 5.47. The highest BCUT2D eigenvalue weighted by Crippen LogP contribution is 2.27. The zero-order valence-electron chi connectivity index (χ0n) is 18.9. The minimum atomic E-state index is -0.201. The van der Waals surface area contributed by atoms with Gasteiger partial charge in [-0.15, -0.1) is 0 Å². The van der Waals surface area contributed by atoms with Crippen LogP contribution in [0.3, 0.4) is 0 Å². The number of nitrogens with zero attached hydrogens (tertiary/aromatic N) is 5. The molecule has 0 unspecified atom stereocenters. The van der Waals surface area contributed by atoms with Gasteiger partial charge >= 0.3 is 0 Å². The molecule has 0 saturated carbocycles. The number of hydrogen-bond donors (Lipinski definition) is 1. The number of likely N-dealkylation sites (N-methyl/N-ethyl adjacent to an activating group) is 1. The molecule has 3 heterocycles. The van der Waals surface area contributed by atoms with E-state index in [0.717, 1.165) is 80.6 Å². The minimum absolute atomic E-state index is 0.201. The highest BCUT2D eigenvalue weighted by Gasteiger charge is 2.23. The molecule has 3 aromatic rings. The average Bonchev–Trinajstić information content (AvgIpc) is 2.84. The summed E-state index contributed by atoms with van der Waals surface area (Å²) in [6.07, 6.45) is 2.62. The first-order chi connectivity index (χ1) is 15.7. The third-order valence-electron chi connectivity index (χ3n) is 5.97. The van der Waals surface area contributed by atoms with Gasteiger partial charge in [0, 0.05) is 50.9 Å². The van der Waals surface area contributed by atoms with Crippen molar-refractivity contribution in [1.82, 2.24) is 24.8 Å². The van der Waals surface area contributed by atoms with Gasteiger partial charge in [-0.2, -0.15) is 0 Å². The zero-order chi connectivity index (χ0) is 22.3. The molecule has 32 heavy (non-hydrogen) atoms. The van der Waals surface area contributed by atoms with Gasteiger partial charge in [-0.25, -0.2) is 14.4 Å². The van der Waals surface area contributed by atoms with E-state index in [1.54, 1.807) is 6.20 Å². The number of aromatic nitrogens is 3. The second-order valence-electron chi connectivity index (χ2n) is 8.08. The van der Waals surface area contributed by atoms with Gasteiger partial charge in [-0.1, -0.05) is 32.0 Å². The molecule has 168 valence electrons. The van der Waals surface area contributed by atoms with Gasteiger partial charge in [-0.3, -0.25) is 9.88 Å². The number of anilines is 1. The van der Waals surface area contributed by atoms with Crippen LogP contribution in [0.4, 0.5) is 10.2 Å². The molecular weight excluding hydrogens is 403 g/mol. The molecule has 6 nitrogen and oxygen atoms in total. The van der Waals surface area contributed by atoms with Crippen LogP contribution in [0.25, 0.3) is 11.5 Å². The lowest BCUT2D eigenvalue weighted by Gasteiger charge is -2.30. The smallest absolute Gasteiger partial charge is 0.180 e. The highest BCUT2D eigenvalue weighted by molar-refractivity contribution is 5.57. The quantitative estimate of drug-likeness (QED) is 0.550. The van der Waals surface area contributed by atoms with Crippen molar-refractivity contribution in [3.63, 3.8) is 0 Å². The summed E-state index contributed by atoms with van der Waals surface area (Å²) in [6.45, 7) is 10.7. The number of benzene rings is 1. The Morgan fingerprint density at radius 3 is 2.59 bits per heavy atom. The predicted octanol–water partition coefficient (Wildman–Crippen LogP) is 3.99. The van der Waals surface area contributed by atoms with Crippen molar-refractivity contribution in [2.24, 2.45) is 0 Å². The number of fused-ring (bicyclic) bond motifs is 1. The van der Waals surface area contributed by atoms with Gasteiger partial charge in [0.15, 0.2) is 5.82 Å². The van der Waals surface area contributed by atoms with E-state index in [1.165, 1.54) is 12.1 Å². The number of nitrogens with one attached hydrogen (secondary N) is 1. The van der Waals surface area contributed by atoms with E-state index < -0.39 is 0 Å². The lowest BCUT2D eigenvalue weighted by atomic mass is 10.0. The molecule has 0 aliphatic carbocycles. The second kappa shape index (κ2) is 10.6. The lowest BCUT2D eigenvalue weighted by Crippen LogP contribution is -2.33. The molecule has 1 aromatic carbocycles. The Hall–Kier alpha value is -2.90. The van der Waals surface area contributed by atoms with Gasteiger partial charge in [-0.05, 0) is 42.9 Å². The summed E-state index contributed by atoms with van der Waals surface area (Å²) in [4.78, 5) is 19.0. The molecule has 0 atom stereocenters. The molecule has 0 fully saturated rings. The van der Waals surface area contributed by atoms with Crippen LogP contribution in [-0.2, 0) is 19.5 Å². The van der Waals surface area contributed by atoms with Crippen LogP contribution >= 0.6 is 0 Å².